The van der Waals surface area contributed by atoms with Gasteiger partial charge in [-0.2, -0.15) is 0 Å². The molecule has 136 valence electrons. The molecular weight excluding hydrogens is 310 g/mol. The summed E-state index contributed by atoms with van der Waals surface area (Å²) in [5.74, 6) is 3.19. The van der Waals surface area contributed by atoms with Crippen molar-refractivity contribution in [2.45, 2.75) is 71.3 Å². The third kappa shape index (κ3) is 2.16. The van der Waals surface area contributed by atoms with Crippen LogP contribution >= 0.6 is 0 Å². The molecular formula is C21H31N3O. The maximum absolute atomic E-state index is 10.2. The van der Waals surface area contributed by atoms with Crippen LogP contribution in [-0.4, -0.2) is 26.2 Å². The van der Waals surface area contributed by atoms with Gasteiger partial charge in [-0.3, -0.25) is 0 Å². The maximum atomic E-state index is 10.2. The van der Waals surface area contributed by atoms with Crippen molar-refractivity contribution in [2.75, 3.05) is 0 Å². The van der Waals surface area contributed by atoms with Gasteiger partial charge in [-0.05, 0) is 80.5 Å². The van der Waals surface area contributed by atoms with Gasteiger partial charge in [-0.1, -0.05) is 25.1 Å². The van der Waals surface area contributed by atoms with E-state index in [0.717, 1.165) is 36.5 Å². The van der Waals surface area contributed by atoms with Crippen LogP contribution in [0.2, 0.25) is 0 Å². The van der Waals surface area contributed by atoms with Crippen molar-refractivity contribution in [1.82, 2.24) is 15.0 Å². The predicted octanol–water partition coefficient (Wildman–Crippen LogP) is 4.13. The molecule has 1 N–H and O–H groups in total. The summed E-state index contributed by atoms with van der Waals surface area (Å²) >= 11 is 0. The maximum Gasteiger partial charge on any atom is 0.0697 e. The minimum absolute atomic E-state index is 0.0458. The number of allylic oxidation sites excluding steroid dienone is 2. The zero-order chi connectivity index (χ0) is 17.2. The minimum Gasteiger partial charge on any atom is -0.393 e. The Morgan fingerprint density at radius 1 is 1.12 bits per heavy atom. The molecule has 0 amide bonds. The summed E-state index contributed by atoms with van der Waals surface area (Å²) in [6, 6.07) is 0. The van der Waals surface area contributed by atoms with Gasteiger partial charge in [0.15, 0.2) is 0 Å². The first kappa shape index (κ1) is 16.0. The summed E-state index contributed by atoms with van der Waals surface area (Å²) in [5.41, 5.74) is 2.10. The Kier molecular flexibility index (Phi) is 3.48. The van der Waals surface area contributed by atoms with E-state index in [1.807, 2.05) is 10.9 Å². The van der Waals surface area contributed by atoms with Crippen molar-refractivity contribution in [3.63, 3.8) is 0 Å². The van der Waals surface area contributed by atoms with Crippen LogP contribution in [0.3, 0.4) is 0 Å². The first-order valence-corrected chi connectivity index (χ1v) is 10.3. The van der Waals surface area contributed by atoms with Crippen molar-refractivity contribution in [3.8, 4) is 0 Å². The lowest BCUT2D eigenvalue weighted by Crippen LogP contribution is -2.53. The van der Waals surface area contributed by atoms with Crippen LogP contribution in [0.15, 0.2) is 18.5 Å². The van der Waals surface area contributed by atoms with Crippen molar-refractivity contribution in [2.24, 2.45) is 34.5 Å². The van der Waals surface area contributed by atoms with Gasteiger partial charge in [-0.25, -0.2) is 4.68 Å². The number of aliphatic hydroxyl groups is 1. The van der Waals surface area contributed by atoms with Crippen molar-refractivity contribution in [1.29, 1.82) is 0 Å². The molecule has 5 rings (SSSR count). The zero-order valence-corrected chi connectivity index (χ0v) is 15.6. The standard InChI is InChI=1S/C21H31N3O/c1-20-9-7-15(25)13-14(20)3-4-16-17-5-6-19(24-12-11-22-23-24)21(17,2)10-8-18(16)20/h6,11-12,14-18,25H,3-5,7-10,13H2,1-2H3/t14-,15-,16-,17-,18-,20-,21-/m0/s1. The van der Waals surface area contributed by atoms with Crippen molar-refractivity contribution in [3.05, 3.63) is 18.5 Å². The van der Waals surface area contributed by atoms with E-state index in [0.29, 0.717) is 5.41 Å². The summed E-state index contributed by atoms with van der Waals surface area (Å²) in [6.45, 7) is 5.04. The van der Waals surface area contributed by atoms with E-state index in [1.165, 1.54) is 44.2 Å². The fourth-order valence-electron chi connectivity index (χ4n) is 7.47. The molecule has 3 saturated carbocycles. The Labute approximate surface area is 150 Å². The molecule has 0 radical (unpaired) electrons. The van der Waals surface area contributed by atoms with Crippen LogP contribution in [0.1, 0.15) is 65.2 Å². The molecule has 7 atom stereocenters. The van der Waals surface area contributed by atoms with Crippen molar-refractivity contribution < 1.29 is 5.11 Å². The number of nitrogens with zero attached hydrogens (tertiary/aromatic N) is 3. The van der Waals surface area contributed by atoms with Gasteiger partial charge in [0.1, 0.15) is 0 Å². The molecule has 3 fully saturated rings. The average molecular weight is 341 g/mol. The first-order chi connectivity index (χ1) is 12.0. The van der Waals surface area contributed by atoms with Crippen LogP contribution in [0, 0.1) is 34.5 Å². The Bertz CT molecular complexity index is 683. The fraction of sp³-hybridized carbons (Fsp3) is 0.810. The monoisotopic (exact) mass is 341 g/mol. The molecule has 0 spiro atoms. The molecule has 4 heteroatoms. The molecule has 4 aliphatic rings. The summed E-state index contributed by atoms with van der Waals surface area (Å²) in [4.78, 5) is 0. The number of fused-ring (bicyclic) bond motifs is 5. The van der Waals surface area contributed by atoms with Gasteiger partial charge < -0.3 is 5.11 Å². The number of hydrogen-bond acceptors (Lipinski definition) is 3. The lowest BCUT2D eigenvalue weighted by molar-refractivity contribution is -0.115. The highest BCUT2D eigenvalue weighted by Crippen LogP contribution is 2.66. The number of aromatic nitrogens is 3. The van der Waals surface area contributed by atoms with Gasteiger partial charge in [0, 0.05) is 11.1 Å². The highest BCUT2D eigenvalue weighted by atomic mass is 16.3. The molecule has 1 aromatic rings. The topological polar surface area (TPSA) is 50.9 Å². The lowest BCUT2D eigenvalue weighted by atomic mass is 9.45. The molecule has 0 bridgehead atoms. The minimum atomic E-state index is -0.0458. The highest BCUT2D eigenvalue weighted by molar-refractivity contribution is 5.55. The second-order valence-electron chi connectivity index (χ2n) is 9.71. The predicted molar refractivity (Wildman–Crippen MR) is 97.4 cm³/mol. The second-order valence-corrected chi connectivity index (χ2v) is 9.71. The van der Waals surface area contributed by atoms with Gasteiger partial charge in [0.05, 0.1) is 18.5 Å². The van der Waals surface area contributed by atoms with E-state index in [4.69, 9.17) is 0 Å². The van der Waals surface area contributed by atoms with E-state index in [9.17, 15) is 5.11 Å². The molecule has 4 nitrogen and oxygen atoms in total. The lowest BCUT2D eigenvalue weighted by Gasteiger charge is -2.60. The van der Waals surface area contributed by atoms with Gasteiger partial charge >= 0.3 is 0 Å². The van der Waals surface area contributed by atoms with E-state index in [2.05, 4.69) is 30.2 Å². The van der Waals surface area contributed by atoms with Crippen LogP contribution in [-0.2, 0) is 0 Å². The smallest absolute Gasteiger partial charge is 0.0697 e. The summed E-state index contributed by atoms with van der Waals surface area (Å²) in [7, 11) is 0. The molecule has 25 heavy (non-hydrogen) atoms. The van der Waals surface area contributed by atoms with E-state index < -0.39 is 0 Å². The Morgan fingerprint density at radius 2 is 2.00 bits per heavy atom. The molecule has 0 unspecified atom stereocenters. The van der Waals surface area contributed by atoms with E-state index >= 15 is 0 Å². The Morgan fingerprint density at radius 3 is 2.80 bits per heavy atom. The van der Waals surface area contributed by atoms with Crippen LogP contribution in [0.4, 0.5) is 0 Å². The quantitative estimate of drug-likeness (QED) is 0.835. The first-order valence-electron chi connectivity index (χ1n) is 10.3. The molecule has 1 heterocycles. The molecule has 4 aliphatic carbocycles. The van der Waals surface area contributed by atoms with E-state index in [1.54, 1.807) is 6.20 Å². The Hall–Kier alpha value is -1.16. The molecule has 0 aliphatic heterocycles. The molecule has 1 aromatic heterocycles. The van der Waals surface area contributed by atoms with Gasteiger partial charge in [0.25, 0.3) is 0 Å². The zero-order valence-electron chi connectivity index (χ0n) is 15.6. The summed E-state index contributed by atoms with van der Waals surface area (Å²) in [5, 5.41) is 18.5. The normalized spacial score (nSPS) is 49.1. The third-order valence-electron chi connectivity index (χ3n) is 8.85. The molecule has 0 aromatic carbocycles. The van der Waals surface area contributed by atoms with Crippen LogP contribution < -0.4 is 0 Å². The Balaban J connectivity index is 1.44. The van der Waals surface area contributed by atoms with Gasteiger partial charge in [-0.15, -0.1) is 5.10 Å². The largest absolute Gasteiger partial charge is 0.393 e. The third-order valence-corrected chi connectivity index (χ3v) is 8.85. The van der Waals surface area contributed by atoms with Crippen LogP contribution in [0.5, 0.6) is 0 Å². The number of hydrogen-bond donors (Lipinski definition) is 1. The van der Waals surface area contributed by atoms with Crippen molar-refractivity contribution >= 4 is 5.70 Å². The average Bonchev–Trinajstić information content (AvgIpc) is 3.22. The highest BCUT2D eigenvalue weighted by Gasteiger charge is 2.58. The number of rotatable bonds is 1. The second kappa shape index (κ2) is 5.42. The van der Waals surface area contributed by atoms with Crippen LogP contribution in [0.25, 0.3) is 5.70 Å². The summed E-state index contributed by atoms with van der Waals surface area (Å²) in [6.07, 6.45) is 16.0. The molecule has 0 saturated heterocycles. The van der Waals surface area contributed by atoms with Gasteiger partial charge in [0.2, 0.25) is 0 Å². The number of aliphatic hydroxyl groups excluding tert-OH is 1. The summed E-state index contributed by atoms with van der Waals surface area (Å²) < 4.78 is 2.02. The van der Waals surface area contributed by atoms with E-state index in [-0.39, 0.29) is 11.5 Å². The SMILES string of the molecule is C[C@]12CC[C@H](O)C[C@@H]1CC[C@@H]1[C@@H]2CC[C@]2(C)C(n3ccnn3)=CC[C@@H]12. The fourth-order valence-corrected chi connectivity index (χ4v) is 7.47.